The number of anilines is 2. The third-order valence-electron chi connectivity index (χ3n) is 4.87. The average molecular weight is 407 g/mol. The smallest absolute Gasteiger partial charge is 0.378 e. The molecule has 29 heavy (non-hydrogen) atoms. The SMILES string of the molecule is Cc1ccc(NC(=O)N(C)Cc2ccc(N3CCOCC3)cc2)cc1C(F)(F)F. The molecular weight excluding hydrogens is 383 g/mol. The second kappa shape index (κ2) is 8.73. The van der Waals surface area contributed by atoms with Crippen LogP contribution in [0.15, 0.2) is 42.5 Å². The number of nitrogens with one attached hydrogen (secondary N) is 1. The Bertz CT molecular complexity index is 847. The maximum atomic E-state index is 13.0. The number of aryl methyl sites for hydroxylation is 1. The number of alkyl halides is 3. The van der Waals surface area contributed by atoms with Gasteiger partial charge in [0.25, 0.3) is 0 Å². The zero-order valence-electron chi connectivity index (χ0n) is 16.4. The summed E-state index contributed by atoms with van der Waals surface area (Å²) in [5.74, 6) is 0. The van der Waals surface area contributed by atoms with E-state index in [0.717, 1.165) is 30.4 Å². The van der Waals surface area contributed by atoms with Crippen molar-refractivity contribution < 1.29 is 22.7 Å². The molecule has 1 heterocycles. The summed E-state index contributed by atoms with van der Waals surface area (Å²) >= 11 is 0. The molecule has 3 rings (SSSR count). The number of morpholine rings is 1. The normalized spacial score (nSPS) is 14.6. The molecule has 1 saturated heterocycles. The number of benzene rings is 2. The highest BCUT2D eigenvalue weighted by atomic mass is 19.4. The number of urea groups is 1. The first-order chi connectivity index (χ1) is 13.7. The van der Waals surface area contributed by atoms with Crippen LogP contribution in [-0.4, -0.2) is 44.3 Å². The lowest BCUT2D eigenvalue weighted by Crippen LogP contribution is -2.36. The number of amides is 2. The van der Waals surface area contributed by atoms with Crippen LogP contribution in [-0.2, 0) is 17.5 Å². The Morgan fingerprint density at radius 3 is 2.41 bits per heavy atom. The van der Waals surface area contributed by atoms with Crippen LogP contribution in [0, 0.1) is 6.92 Å². The maximum absolute atomic E-state index is 13.0. The minimum absolute atomic E-state index is 0.113. The molecule has 0 spiro atoms. The second-order valence-electron chi connectivity index (χ2n) is 7.08. The van der Waals surface area contributed by atoms with Gasteiger partial charge < -0.3 is 19.9 Å². The predicted octanol–water partition coefficient (Wildman–Crippen LogP) is 4.51. The van der Waals surface area contributed by atoms with Gasteiger partial charge in [0, 0.05) is 38.1 Å². The first kappa shape index (κ1) is 21.0. The largest absolute Gasteiger partial charge is 0.416 e. The van der Waals surface area contributed by atoms with Crippen LogP contribution in [0.5, 0.6) is 0 Å². The van der Waals surface area contributed by atoms with Crippen LogP contribution < -0.4 is 10.2 Å². The Morgan fingerprint density at radius 1 is 1.14 bits per heavy atom. The minimum atomic E-state index is -4.46. The van der Waals surface area contributed by atoms with Gasteiger partial charge in [-0.05, 0) is 42.3 Å². The van der Waals surface area contributed by atoms with Gasteiger partial charge in [-0.2, -0.15) is 13.2 Å². The molecule has 1 aliphatic rings. The van der Waals surface area contributed by atoms with E-state index >= 15 is 0 Å². The number of halogens is 3. The average Bonchev–Trinajstić information content (AvgIpc) is 2.69. The Kier molecular flexibility index (Phi) is 6.32. The minimum Gasteiger partial charge on any atom is -0.378 e. The number of carbonyl (C=O) groups excluding carboxylic acids is 1. The summed E-state index contributed by atoms with van der Waals surface area (Å²) in [7, 11) is 1.60. The van der Waals surface area contributed by atoms with Gasteiger partial charge in [0.1, 0.15) is 0 Å². The number of carbonyl (C=O) groups is 1. The Balaban J connectivity index is 1.60. The van der Waals surface area contributed by atoms with Gasteiger partial charge in [-0.3, -0.25) is 0 Å². The summed E-state index contributed by atoms with van der Waals surface area (Å²) < 4.78 is 44.5. The van der Waals surface area contributed by atoms with Crippen molar-refractivity contribution in [1.82, 2.24) is 4.90 Å². The standard InChI is InChI=1S/C21H24F3N3O2/c1-15-3-6-17(13-19(15)21(22,23)24)25-20(28)26(2)14-16-4-7-18(8-5-16)27-9-11-29-12-10-27/h3-8,13H,9-12,14H2,1-2H3,(H,25,28). The molecule has 0 unspecified atom stereocenters. The van der Waals surface area contributed by atoms with Crippen molar-refractivity contribution in [3.63, 3.8) is 0 Å². The summed E-state index contributed by atoms with van der Waals surface area (Å²) in [6.45, 7) is 4.84. The number of nitrogens with zero attached hydrogens (tertiary/aromatic N) is 2. The zero-order valence-corrected chi connectivity index (χ0v) is 16.4. The molecule has 1 N–H and O–H groups in total. The van der Waals surface area contributed by atoms with Crippen LogP contribution in [0.1, 0.15) is 16.7 Å². The summed E-state index contributed by atoms with van der Waals surface area (Å²) in [6, 6.07) is 11.2. The highest BCUT2D eigenvalue weighted by Gasteiger charge is 2.32. The summed E-state index contributed by atoms with van der Waals surface area (Å²) in [6.07, 6.45) is -4.46. The van der Waals surface area contributed by atoms with E-state index in [2.05, 4.69) is 10.2 Å². The molecule has 1 fully saturated rings. The first-order valence-electron chi connectivity index (χ1n) is 9.35. The van der Waals surface area contributed by atoms with Crippen LogP contribution in [0.2, 0.25) is 0 Å². The molecule has 0 bridgehead atoms. The highest BCUT2D eigenvalue weighted by Crippen LogP contribution is 2.33. The molecule has 2 amide bonds. The van der Waals surface area contributed by atoms with E-state index in [4.69, 9.17) is 4.74 Å². The van der Waals surface area contributed by atoms with E-state index in [9.17, 15) is 18.0 Å². The van der Waals surface area contributed by atoms with E-state index in [1.165, 1.54) is 24.0 Å². The van der Waals surface area contributed by atoms with E-state index in [1.54, 1.807) is 7.05 Å². The molecule has 0 saturated carbocycles. The second-order valence-corrected chi connectivity index (χ2v) is 7.08. The van der Waals surface area contributed by atoms with Crippen molar-refractivity contribution in [1.29, 1.82) is 0 Å². The van der Waals surface area contributed by atoms with Gasteiger partial charge in [0.05, 0.1) is 18.8 Å². The van der Waals surface area contributed by atoms with Gasteiger partial charge in [0.2, 0.25) is 0 Å². The molecule has 0 aliphatic carbocycles. The van der Waals surface area contributed by atoms with Crippen molar-refractivity contribution >= 4 is 17.4 Å². The molecule has 0 aromatic heterocycles. The van der Waals surface area contributed by atoms with Crippen LogP contribution in [0.3, 0.4) is 0 Å². The van der Waals surface area contributed by atoms with Crippen molar-refractivity contribution in [3.05, 3.63) is 59.2 Å². The Labute approximate surface area is 168 Å². The topological polar surface area (TPSA) is 44.8 Å². The third kappa shape index (κ3) is 5.41. The lowest BCUT2D eigenvalue weighted by atomic mass is 10.1. The first-order valence-corrected chi connectivity index (χ1v) is 9.35. The molecule has 5 nitrogen and oxygen atoms in total. The van der Waals surface area contributed by atoms with Crippen molar-refractivity contribution in [3.8, 4) is 0 Å². The van der Waals surface area contributed by atoms with Crippen LogP contribution in [0.25, 0.3) is 0 Å². The molecule has 156 valence electrons. The molecule has 0 radical (unpaired) electrons. The van der Waals surface area contributed by atoms with Gasteiger partial charge in [0.15, 0.2) is 0 Å². The Morgan fingerprint density at radius 2 is 1.79 bits per heavy atom. The van der Waals surface area contributed by atoms with E-state index in [-0.39, 0.29) is 11.3 Å². The fraction of sp³-hybridized carbons (Fsp3) is 0.381. The summed E-state index contributed by atoms with van der Waals surface area (Å²) in [5, 5.41) is 2.53. The molecule has 2 aromatic rings. The molecular formula is C21H24F3N3O2. The molecule has 1 aliphatic heterocycles. The monoisotopic (exact) mass is 407 g/mol. The third-order valence-corrected chi connectivity index (χ3v) is 4.87. The van der Waals surface area contributed by atoms with Crippen LogP contribution in [0.4, 0.5) is 29.3 Å². The lowest BCUT2D eigenvalue weighted by Gasteiger charge is -2.29. The van der Waals surface area contributed by atoms with E-state index < -0.39 is 17.8 Å². The van der Waals surface area contributed by atoms with E-state index in [0.29, 0.717) is 19.8 Å². The predicted molar refractivity (Wildman–Crippen MR) is 106 cm³/mol. The van der Waals surface area contributed by atoms with Crippen molar-refractivity contribution in [2.75, 3.05) is 43.6 Å². The zero-order chi connectivity index (χ0) is 21.0. The number of hydrogen-bond donors (Lipinski definition) is 1. The maximum Gasteiger partial charge on any atom is 0.416 e. The number of hydrogen-bond acceptors (Lipinski definition) is 3. The number of rotatable bonds is 4. The van der Waals surface area contributed by atoms with Gasteiger partial charge in [-0.25, -0.2) is 4.79 Å². The fourth-order valence-electron chi connectivity index (χ4n) is 3.20. The van der Waals surface area contributed by atoms with Crippen LogP contribution >= 0.6 is 0 Å². The molecule has 2 aromatic carbocycles. The summed E-state index contributed by atoms with van der Waals surface area (Å²) in [4.78, 5) is 16.1. The molecule has 0 atom stereocenters. The van der Waals surface area contributed by atoms with Gasteiger partial charge in [-0.15, -0.1) is 0 Å². The highest BCUT2D eigenvalue weighted by molar-refractivity contribution is 5.89. The van der Waals surface area contributed by atoms with Crippen molar-refractivity contribution in [2.45, 2.75) is 19.6 Å². The fourth-order valence-corrected chi connectivity index (χ4v) is 3.20. The van der Waals surface area contributed by atoms with Crippen molar-refractivity contribution in [2.24, 2.45) is 0 Å². The number of ether oxygens (including phenoxy) is 1. The lowest BCUT2D eigenvalue weighted by molar-refractivity contribution is -0.138. The quantitative estimate of drug-likeness (QED) is 0.811. The van der Waals surface area contributed by atoms with Gasteiger partial charge in [-0.1, -0.05) is 18.2 Å². The molecule has 8 heteroatoms. The summed E-state index contributed by atoms with van der Waals surface area (Å²) in [5.41, 5.74) is 1.51. The Hall–Kier alpha value is -2.74. The van der Waals surface area contributed by atoms with E-state index in [1.807, 2.05) is 24.3 Å². The van der Waals surface area contributed by atoms with Gasteiger partial charge >= 0.3 is 12.2 Å².